The van der Waals surface area contributed by atoms with Crippen molar-refractivity contribution in [1.82, 2.24) is 4.90 Å². The molecule has 3 heterocycles. The lowest BCUT2D eigenvalue weighted by Crippen LogP contribution is -2.39. The fourth-order valence-electron chi connectivity index (χ4n) is 3.13. The van der Waals surface area contributed by atoms with Gasteiger partial charge >= 0.3 is 0 Å². The molecule has 20 heavy (non-hydrogen) atoms. The molecule has 0 fully saturated rings. The van der Waals surface area contributed by atoms with Gasteiger partial charge in [0, 0.05) is 30.4 Å². The summed E-state index contributed by atoms with van der Waals surface area (Å²) < 4.78 is 5.94. The van der Waals surface area contributed by atoms with E-state index in [2.05, 4.69) is 42.3 Å². The Morgan fingerprint density at radius 2 is 2.30 bits per heavy atom. The van der Waals surface area contributed by atoms with Crippen molar-refractivity contribution in [2.24, 2.45) is 5.73 Å². The maximum atomic E-state index is 6.04. The summed E-state index contributed by atoms with van der Waals surface area (Å²) >= 11 is 1.87. The van der Waals surface area contributed by atoms with Crippen LogP contribution >= 0.6 is 11.3 Å². The minimum atomic E-state index is 0.179. The third kappa shape index (κ3) is 2.32. The average molecular weight is 290 g/mol. The predicted molar refractivity (Wildman–Crippen MR) is 83.0 cm³/mol. The van der Waals surface area contributed by atoms with E-state index in [1.807, 2.05) is 11.3 Å². The molecule has 0 radical (unpaired) electrons. The Kier molecular flexibility index (Phi) is 3.96. The Labute approximate surface area is 124 Å². The Morgan fingerprint density at radius 3 is 3.00 bits per heavy atom. The van der Waals surface area contributed by atoms with Gasteiger partial charge in [-0.25, -0.2) is 0 Å². The molecule has 0 saturated carbocycles. The Bertz CT molecular complexity index is 575. The van der Waals surface area contributed by atoms with Gasteiger partial charge < -0.3 is 10.2 Å². The molecule has 0 spiro atoms. The number of thiophene rings is 1. The molecule has 0 aliphatic carbocycles. The Morgan fingerprint density at radius 1 is 1.45 bits per heavy atom. The summed E-state index contributed by atoms with van der Waals surface area (Å²) in [5.74, 6) is 2.05. The summed E-state index contributed by atoms with van der Waals surface area (Å²) in [7, 11) is 0. The van der Waals surface area contributed by atoms with Crippen LogP contribution in [0, 0.1) is 0 Å². The van der Waals surface area contributed by atoms with Crippen molar-refractivity contribution >= 4 is 11.3 Å². The summed E-state index contributed by atoms with van der Waals surface area (Å²) in [6.45, 7) is 6.04. The van der Waals surface area contributed by atoms with Crippen LogP contribution in [0.25, 0.3) is 0 Å². The van der Waals surface area contributed by atoms with Crippen LogP contribution in [-0.2, 0) is 12.8 Å². The lowest BCUT2D eigenvalue weighted by molar-refractivity contribution is 0.122. The zero-order valence-corrected chi connectivity index (χ0v) is 13.0. The number of nitrogens with two attached hydrogens (primary N) is 1. The molecule has 1 aliphatic rings. The molecule has 4 heteroatoms. The van der Waals surface area contributed by atoms with Crippen LogP contribution < -0.4 is 5.73 Å². The molecule has 3 nitrogen and oxygen atoms in total. The Hall–Kier alpha value is -1.10. The van der Waals surface area contributed by atoms with Crippen molar-refractivity contribution in [2.45, 2.75) is 38.8 Å². The third-order valence-electron chi connectivity index (χ3n) is 4.31. The SMILES string of the molecule is CCc1ccc(C(CN)N2CCc3sccc3C2C)o1. The van der Waals surface area contributed by atoms with E-state index < -0.39 is 0 Å². The van der Waals surface area contributed by atoms with Gasteiger partial charge in [-0.1, -0.05) is 6.92 Å². The van der Waals surface area contributed by atoms with Gasteiger partial charge in [-0.05, 0) is 42.5 Å². The average Bonchev–Trinajstić information content (AvgIpc) is 3.11. The highest BCUT2D eigenvalue weighted by Gasteiger charge is 2.31. The van der Waals surface area contributed by atoms with E-state index in [1.165, 1.54) is 10.4 Å². The number of nitrogens with zero attached hydrogens (tertiary/aromatic N) is 1. The van der Waals surface area contributed by atoms with Crippen LogP contribution in [0.4, 0.5) is 0 Å². The van der Waals surface area contributed by atoms with E-state index in [1.54, 1.807) is 0 Å². The molecule has 2 aromatic heterocycles. The maximum Gasteiger partial charge on any atom is 0.122 e. The van der Waals surface area contributed by atoms with Gasteiger partial charge in [0.15, 0.2) is 0 Å². The number of fused-ring (bicyclic) bond motifs is 1. The van der Waals surface area contributed by atoms with Crippen molar-refractivity contribution in [3.05, 3.63) is 45.5 Å². The number of hydrogen-bond acceptors (Lipinski definition) is 4. The third-order valence-corrected chi connectivity index (χ3v) is 5.30. The van der Waals surface area contributed by atoms with Crippen LogP contribution in [0.5, 0.6) is 0 Å². The molecular formula is C16H22N2OS. The first kappa shape index (κ1) is 13.9. The quantitative estimate of drug-likeness (QED) is 0.936. The molecular weight excluding hydrogens is 268 g/mol. The fourth-order valence-corrected chi connectivity index (χ4v) is 4.10. The van der Waals surface area contributed by atoms with Crippen molar-refractivity contribution in [1.29, 1.82) is 0 Å². The van der Waals surface area contributed by atoms with Crippen LogP contribution in [-0.4, -0.2) is 18.0 Å². The van der Waals surface area contributed by atoms with Crippen molar-refractivity contribution < 1.29 is 4.42 Å². The normalized spacial score (nSPS) is 20.9. The molecule has 3 rings (SSSR count). The lowest BCUT2D eigenvalue weighted by atomic mass is 9.98. The minimum absolute atomic E-state index is 0.179. The van der Waals surface area contributed by atoms with Gasteiger partial charge in [-0.3, -0.25) is 4.90 Å². The first-order valence-corrected chi connectivity index (χ1v) is 8.23. The van der Waals surface area contributed by atoms with Gasteiger partial charge in [-0.2, -0.15) is 0 Å². The highest BCUT2D eigenvalue weighted by atomic mass is 32.1. The van der Waals surface area contributed by atoms with Crippen molar-refractivity contribution in [2.75, 3.05) is 13.1 Å². The van der Waals surface area contributed by atoms with Crippen molar-refractivity contribution in [3.8, 4) is 0 Å². The van der Waals surface area contributed by atoms with Gasteiger partial charge in [0.2, 0.25) is 0 Å². The van der Waals surface area contributed by atoms with E-state index >= 15 is 0 Å². The smallest absolute Gasteiger partial charge is 0.122 e. The van der Waals surface area contributed by atoms with E-state index in [0.717, 1.165) is 30.9 Å². The number of rotatable bonds is 4. The summed E-state index contributed by atoms with van der Waals surface area (Å²) in [6.07, 6.45) is 2.05. The summed E-state index contributed by atoms with van der Waals surface area (Å²) in [5.41, 5.74) is 7.50. The number of aryl methyl sites for hydroxylation is 1. The molecule has 1 aliphatic heterocycles. The van der Waals surface area contributed by atoms with Gasteiger partial charge in [0.1, 0.15) is 11.5 Å². The molecule has 0 amide bonds. The van der Waals surface area contributed by atoms with E-state index in [0.29, 0.717) is 12.6 Å². The van der Waals surface area contributed by atoms with Crippen LogP contribution in [0.3, 0.4) is 0 Å². The van der Waals surface area contributed by atoms with Gasteiger partial charge in [-0.15, -0.1) is 11.3 Å². The van der Waals surface area contributed by atoms with Crippen molar-refractivity contribution in [3.63, 3.8) is 0 Å². The van der Waals surface area contributed by atoms with E-state index in [-0.39, 0.29) is 6.04 Å². The van der Waals surface area contributed by atoms with Gasteiger partial charge in [0.25, 0.3) is 0 Å². The lowest BCUT2D eigenvalue weighted by Gasteiger charge is -2.38. The first-order valence-electron chi connectivity index (χ1n) is 7.35. The maximum absolute atomic E-state index is 6.04. The molecule has 2 N–H and O–H groups in total. The second-order valence-electron chi connectivity index (χ2n) is 5.37. The highest BCUT2D eigenvalue weighted by Crippen LogP contribution is 2.38. The standard InChI is InChI=1S/C16H22N2OS/c1-3-12-4-5-15(19-12)14(10-17)18-8-6-16-13(11(18)2)7-9-20-16/h4-5,7,9,11,14H,3,6,8,10,17H2,1-2H3. The Balaban J connectivity index is 1.87. The summed E-state index contributed by atoms with van der Waals surface area (Å²) in [6, 6.07) is 7.01. The zero-order valence-electron chi connectivity index (χ0n) is 12.1. The zero-order chi connectivity index (χ0) is 14.1. The monoisotopic (exact) mass is 290 g/mol. The largest absolute Gasteiger partial charge is 0.464 e. The number of furan rings is 1. The predicted octanol–water partition coefficient (Wildman–Crippen LogP) is 3.52. The van der Waals surface area contributed by atoms with Crippen LogP contribution in [0.15, 0.2) is 28.0 Å². The topological polar surface area (TPSA) is 42.4 Å². The van der Waals surface area contributed by atoms with Crippen LogP contribution in [0.2, 0.25) is 0 Å². The summed E-state index contributed by atoms with van der Waals surface area (Å²) in [5, 5.41) is 2.20. The van der Waals surface area contributed by atoms with Crippen LogP contribution in [0.1, 0.15) is 47.9 Å². The minimum Gasteiger partial charge on any atom is -0.464 e. The number of hydrogen-bond donors (Lipinski definition) is 1. The van der Waals surface area contributed by atoms with E-state index in [9.17, 15) is 0 Å². The molecule has 0 bridgehead atoms. The summed E-state index contributed by atoms with van der Waals surface area (Å²) in [4.78, 5) is 4.01. The second kappa shape index (κ2) is 5.72. The molecule has 108 valence electrons. The van der Waals surface area contributed by atoms with E-state index in [4.69, 9.17) is 10.2 Å². The fraction of sp³-hybridized carbons (Fsp3) is 0.500. The molecule has 2 aromatic rings. The molecule has 2 atom stereocenters. The van der Waals surface area contributed by atoms with Gasteiger partial charge in [0.05, 0.1) is 6.04 Å². The molecule has 0 aromatic carbocycles. The molecule has 2 unspecified atom stereocenters. The second-order valence-corrected chi connectivity index (χ2v) is 6.37. The molecule has 0 saturated heterocycles. The highest BCUT2D eigenvalue weighted by molar-refractivity contribution is 7.10. The first-order chi connectivity index (χ1) is 9.74.